The number of rotatable bonds is 6. The zero-order valence-electron chi connectivity index (χ0n) is 15.4. The zero-order chi connectivity index (χ0) is 22.7. The Hall–Kier alpha value is -3.20. The minimum Gasteiger partial charge on any atom is -0.744 e. The molecule has 12 nitrogen and oxygen atoms in total. The summed E-state index contributed by atoms with van der Waals surface area (Å²) >= 11 is 0. The standard InChI is InChI=1S/C16H16N4O8S2/c1-9(21)17-15-7-11(29(23,24)25)3-5-13(15)19-20-14-6-4-12(30(26,27)28)8-16(14)18-10(2)22/h3-8H,1-2H3,(H,17,21)(H,18,22)(H,23,24,25)(H,26,27,28)/p-2. The maximum Gasteiger partial charge on any atom is 0.221 e. The molecule has 0 saturated heterocycles. The fraction of sp³-hybridized carbons (Fsp3) is 0.125. The molecule has 0 aliphatic heterocycles. The molecule has 0 radical (unpaired) electrons. The Bertz CT molecular complexity index is 1160. The van der Waals surface area contributed by atoms with Crippen molar-refractivity contribution in [1.82, 2.24) is 0 Å². The summed E-state index contributed by atoms with van der Waals surface area (Å²) in [4.78, 5) is 21.5. The van der Waals surface area contributed by atoms with Gasteiger partial charge in [-0.2, -0.15) is 0 Å². The van der Waals surface area contributed by atoms with Crippen LogP contribution in [0.4, 0.5) is 22.7 Å². The van der Waals surface area contributed by atoms with Crippen molar-refractivity contribution in [3.8, 4) is 0 Å². The van der Waals surface area contributed by atoms with Crippen LogP contribution in [0.3, 0.4) is 0 Å². The molecule has 0 aliphatic rings. The van der Waals surface area contributed by atoms with Crippen molar-refractivity contribution in [2.75, 3.05) is 10.6 Å². The van der Waals surface area contributed by atoms with E-state index in [0.717, 1.165) is 50.2 Å². The number of hydrogen-bond donors (Lipinski definition) is 2. The van der Waals surface area contributed by atoms with Gasteiger partial charge in [0.1, 0.15) is 31.6 Å². The summed E-state index contributed by atoms with van der Waals surface area (Å²) in [5.74, 6) is -1.15. The Morgan fingerprint density at radius 2 is 1.07 bits per heavy atom. The number of benzene rings is 2. The monoisotopic (exact) mass is 454 g/mol. The molecule has 0 fully saturated rings. The molecular formula is C16H14N4O8S2-2. The van der Waals surface area contributed by atoms with E-state index in [0.29, 0.717) is 0 Å². The van der Waals surface area contributed by atoms with Gasteiger partial charge in [-0.3, -0.25) is 9.59 Å². The van der Waals surface area contributed by atoms with E-state index in [1.54, 1.807) is 0 Å². The number of hydrogen-bond acceptors (Lipinski definition) is 10. The number of azo groups is 1. The van der Waals surface area contributed by atoms with Crippen molar-refractivity contribution < 1.29 is 35.5 Å². The van der Waals surface area contributed by atoms with E-state index in [9.17, 15) is 35.5 Å². The summed E-state index contributed by atoms with van der Waals surface area (Å²) in [5, 5.41) is 12.3. The predicted octanol–water partition coefficient (Wildman–Crippen LogP) is 1.83. The fourth-order valence-electron chi connectivity index (χ4n) is 2.20. The summed E-state index contributed by atoms with van der Waals surface area (Å²) < 4.78 is 67.1. The second-order valence-corrected chi connectivity index (χ2v) is 8.59. The van der Waals surface area contributed by atoms with E-state index in [-0.39, 0.29) is 22.7 Å². The molecule has 30 heavy (non-hydrogen) atoms. The van der Waals surface area contributed by atoms with Gasteiger partial charge in [0.15, 0.2) is 0 Å². The maximum atomic E-state index is 11.4. The first kappa shape index (κ1) is 23.1. The Kier molecular flexibility index (Phi) is 6.66. The van der Waals surface area contributed by atoms with Crippen LogP contribution in [0.2, 0.25) is 0 Å². The van der Waals surface area contributed by atoms with Crippen LogP contribution in [0.5, 0.6) is 0 Å². The van der Waals surface area contributed by atoms with E-state index in [2.05, 4.69) is 20.9 Å². The fourth-order valence-corrected chi connectivity index (χ4v) is 3.20. The lowest BCUT2D eigenvalue weighted by Gasteiger charge is -2.12. The molecule has 0 aromatic heterocycles. The van der Waals surface area contributed by atoms with Crippen LogP contribution in [-0.2, 0) is 29.8 Å². The van der Waals surface area contributed by atoms with Crippen LogP contribution in [0.25, 0.3) is 0 Å². The lowest BCUT2D eigenvalue weighted by Crippen LogP contribution is -2.08. The number of amides is 2. The molecule has 2 amide bonds. The van der Waals surface area contributed by atoms with E-state index in [1.807, 2.05) is 0 Å². The molecule has 0 saturated carbocycles. The van der Waals surface area contributed by atoms with E-state index >= 15 is 0 Å². The molecule has 0 bridgehead atoms. The number of carbonyl (C=O) groups is 2. The van der Waals surface area contributed by atoms with Gasteiger partial charge in [-0.1, -0.05) is 0 Å². The second kappa shape index (κ2) is 8.66. The van der Waals surface area contributed by atoms with E-state index in [4.69, 9.17) is 0 Å². The number of nitrogens with zero attached hydrogens (tertiary/aromatic N) is 2. The Morgan fingerprint density at radius 3 is 1.33 bits per heavy atom. The molecule has 2 rings (SSSR count). The lowest BCUT2D eigenvalue weighted by molar-refractivity contribution is -0.115. The summed E-state index contributed by atoms with van der Waals surface area (Å²) in [5.41, 5.74) is -0.315. The minimum atomic E-state index is -4.79. The Balaban J connectivity index is 2.55. The van der Waals surface area contributed by atoms with Crippen molar-refractivity contribution in [2.45, 2.75) is 23.6 Å². The van der Waals surface area contributed by atoms with Gasteiger partial charge in [0.05, 0.1) is 21.2 Å². The number of nitrogens with one attached hydrogen (secondary N) is 2. The predicted molar refractivity (Wildman–Crippen MR) is 102 cm³/mol. The first-order valence-corrected chi connectivity index (χ1v) is 10.8. The average molecular weight is 454 g/mol. The molecule has 0 unspecified atom stereocenters. The first-order chi connectivity index (χ1) is 13.8. The third kappa shape index (κ3) is 6.15. The molecule has 160 valence electrons. The Morgan fingerprint density at radius 1 is 0.733 bits per heavy atom. The summed E-state index contributed by atoms with van der Waals surface area (Å²) in [6.07, 6.45) is 0. The molecule has 0 spiro atoms. The highest BCUT2D eigenvalue weighted by atomic mass is 32.2. The van der Waals surface area contributed by atoms with Crippen LogP contribution < -0.4 is 10.6 Å². The highest BCUT2D eigenvalue weighted by molar-refractivity contribution is 7.86. The molecule has 2 aromatic carbocycles. The molecule has 2 aromatic rings. The van der Waals surface area contributed by atoms with Crippen molar-refractivity contribution in [1.29, 1.82) is 0 Å². The van der Waals surface area contributed by atoms with Gasteiger partial charge in [0, 0.05) is 13.8 Å². The molecule has 0 heterocycles. The smallest absolute Gasteiger partial charge is 0.221 e. The van der Waals surface area contributed by atoms with Crippen LogP contribution in [0.1, 0.15) is 13.8 Å². The van der Waals surface area contributed by atoms with Gasteiger partial charge in [0.25, 0.3) is 0 Å². The molecule has 0 aliphatic carbocycles. The van der Waals surface area contributed by atoms with Crippen molar-refractivity contribution >= 4 is 54.8 Å². The SMILES string of the molecule is CC(=O)Nc1cc(S(=O)(=O)[O-])ccc1N=Nc1ccc(S(=O)(=O)[O-])cc1NC(C)=O. The normalized spacial score (nSPS) is 12.0. The third-order valence-corrected chi connectivity index (χ3v) is 5.06. The van der Waals surface area contributed by atoms with Crippen LogP contribution >= 0.6 is 0 Å². The van der Waals surface area contributed by atoms with E-state index in [1.165, 1.54) is 0 Å². The topological polar surface area (TPSA) is 197 Å². The highest BCUT2D eigenvalue weighted by Gasteiger charge is 2.11. The molecule has 0 atom stereocenters. The molecule has 14 heteroatoms. The Labute approximate surface area is 171 Å². The van der Waals surface area contributed by atoms with Crippen LogP contribution in [0, 0.1) is 0 Å². The van der Waals surface area contributed by atoms with Crippen LogP contribution in [0.15, 0.2) is 56.4 Å². The van der Waals surface area contributed by atoms with Gasteiger partial charge in [0.2, 0.25) is 11.8 Å². The zero-order valence-corrected chi connectivity index (χ0v) is 17.1. The molecule has 2 N–H and O–H groups in total. The summed E-state index contributed by atoms with van der Waals surface area (Å²) in [7, 11) is -9.58. The van der Waals surface area contributed by atoms with Crippen molar-refractivity contribution in [3.05, 3.63) is 36.4 Å². The lowest BCUT2D eigenvalue weighted by atomic mass is 10.2. The molecular weight excluding hydrogens is 440 g/mol. The number of carbonyl (C=O) groups excluding carboxylic acids is 2. The van der Waals surface area contributed by atoms with Crippen molar-refractivity contribution in [2.24, 2.45) is 10.2 Å². The maximum absolute atomic E-state index is 11.4. The van der Waals surface area contributed by atoms with Crippen LogP contribution in [-0.4, -0.2) is 37.8 Å². The van der Waals surface area contributed by atoms with Gasteiger partial charge in [-0.05, 0) is 36.4 Å². The quantitative estimate of drug-likeness (QED) is 0.486. The largest absolute Gasteiger partial charge is 0.744 e. The third-order valence-electron chi connectivity index (χ3n) is 3.40. The van der Waals surface area contributed by atoms with Crippen molar-refractivity contribution in [3.63, 3.8) is 0 Å². The minimum absolute atomic E-state index is 0.0353. The number of anilines is 2. The highest BCUT2D eigenvalue weighted by Crippen LogP contribution is 2.33. The average Bonchev–Trinajstić information content (AvgIpc) is 2.58. The van der Waals surface area contributed by atoms with Gasteiger partial charge in [-0.15, -0.1) is 10.2 Å². The van der Waals surface area contributed by atoms with Gasteiger partial charge in [-0.25, -0.2) is 16.8 Å². The first-order valence-electron chi connectivity index (χ1n) is 7.94. The second-order valence-electron chi connectivity index (χ2n) is 5.83. The summed E-state index contributed by atoms with van der Waals surface area (Å²) in [6.45, 7) is 2.30. The van der Waals surface area contributed by atoms with Gasteiger partial charge < -0.3 is 19.7 Å². The summed E-state index contributed by atoms with van der Waals surface area (Å²) in [6, 6.07) is 5.97. The van der Waals surface area contributed by atoms with E-state index < -0.39 is 41.8 Å². The van der Waals surface area contributed by atoms with Gasteiger partial charge >= 0.3 is 0 Å².